The molecule has 0 amide bonds. The van der Waals surface area contributed by atoms with Crippen molar-refractivity contribution in [2.45, 2.75) is 79.4 Å². The maximum absolute atomic E-state index is 6.25. The van der Waals surface area contributed by atoms with Crippen LogP contribution in [0.15, 0.2) is 46.7 Å². The Bertz CT molecular complexity index is 1420. The number of rotatable bonds is 6. The fourth-order valence-electron chi connectivity index (χ4n) is 5.84. The Hall–Kier alpha value is -3.03. The molecular weight excluding hydrogens is 484 g/mol. The number of aromatic amines is 1. The number of aryl methyl sites for hydroxylation is 1. The molecule has 7 heteroatoms. The number of nitrogens with zero attached hydrogens (tertiary/aromatic N) is 5. The van der Waals surface area contributed by atoms with Crippen molar-refractivity contribution in [2.75, 3.05) is 27.2 Å². The second-order valence-electron chi connectivity index (χ2n) is 12.4. The van der Waals surface area contributed by atoms with Gasteiger partial charge in [-0.05, 0) is 95.8 Å². The second-order valence-corrected chi connectivity index (χ2v) is 12.4. The molecule has 39 heavy (non-hydrogen) atoms. The highest BCUT2D eigenvalue weighted by molar-refractivity contribution is 5.87. The highest BCUT2D eigenvalue weighted by Crippen LogP contribution is 2.42. The third-order valence-corrected chi connectivity index (χ3v) is 8.68. The fourth-order valence-corrected chi connectivity index (χ4v) is 5.84. The van der Waals surface area contributed by atoms with Crippen LogP contribution in [-0.2, 0) is 6.54 Å². The predicted octanol–water partition coefficient (Wildman–Crippen LogP) is 6.39. The summed E-state index contributed by atoms with van der Waals surface area (Å²) in [5.41, 5.74) is 9.41. The minimum atomic E-state index is 0.285. The summed E-state index contributed by atoms with van der Waals surface area (Å²) in [7, 11) is 4.25. The first-order valence-corrected chi connectivity index (χ1v) is 14.3. The molecule has 0 bridgehead atoms. The molecule has 7 nitrogen and oxygen atoms in total. The predicted molar refractivity (Wildman–Crippen MR) is 160 cm³/mol. The molecule has 0 saturated carbocycles. The van der Waals surface area contributed by atoms with Crippen molar-refractivity contribution in [3.63, 3.8) is 0 Å². The zero-order chi connectivity index (χ0) is 27.9. The Morgan fingerprint density at radius 2 is 1.97 bits per heavy atom. The van der Waals surface area contributed by atoms with E-state index >= 15 is 0 Å². The number of aliphatic imine (C=N–C) groups is 1. The van der Waals surface area contributed by atoms with Crippen LogP contribution < -0.4 is 4.74 Å². The van der Waals surface area contributed by atoms with E-state index in [-0.39, 0.29) is 11.5 Å². The molecule has 0 spiro atoms. The third kappa shape index (κ3) is 5.94. The molecule has 5 rings (SSSR count). The van der Waals surface area contributed by atoms with Crippen molar-refractivity contribution in [3.8, 4) is 16.9 Å². The van der Waals surface area contributed by atoms with Gasteiger partial charge in [-0.1, -0.05) is 19.9 Å². The van der Waals surface area contributed by atoms with Gasteiger partial charge in [0.2, 0.25) is 0 Å². The van der Waals surface area contributed by atoms with Gasteiger partial charge in [-0.25, -0.2) is 9.97 Å². The van der Waals surface area contributed by atoms with Crippen molar-refractivity contribution >= 4 is 16.9 Å². The largest absolute Gasteiger partial charge is 0.492 e. The van der Waals surface area contributed by atoms with E-state index in [0.29, 0.717) is 12.6 Å². The number of nitrogens with one attached hydrogen (secondary N) is 1. The Morgan fingerprint density at radius 3 is 2.74 bits per heavy atom. The standard InChI is InChI=1S/C32H44N6O/c1-20(21(2)37(7)8)34-28-11-12-32(5,6)17-27(28)22(3)38-13-14-39-30-10-9-24(15-26(30)19-38)25-16-29-31(33-18-25)36-23(4)35-29/h9-10,15-16,18,21-22H,11-14,17,19H2,1-8H3,(H,33,35,36). The lowest BCUT2D eigenvalue weighted by Crippen LogP contribution is -2.38. The number of hydrogen-bond donors (Lipinski definition) is 1. The molecule has 2 aromatic heterocycles. The van der Waals surface area contributed by atoms with Gasteiger partial charge in [0.25, 0.3) is 0 Å². The van der Waals surface area contributed by atoms with E-state index in [4.69, 9.17) is 9.73 Å². The SMILES string of the molecule is CC(=NC1=C(C(C)N2CCOc3ccc(-c4cnc5nc(C)[nH]c5c4)cc3C2)CC(C)(C)CC1)C(C)N(C)C. The lowest BCUT2D eigenvalue weighted by atomic mass is 9.74. The van der Waals surface area contributed by atoms with Crippen molar-refractivity contribution in [1.82, 2.24) is 24.8 Å². The molecule has 3 aromatic rings. The molecule has 0 radical (unpaired) electrons. The summed E-state index contributed by atoms with van der Waals surface area (Å²) >= 11 is 0. The van der Waals surface area contributed by atoms with Crippen LogP contribution in [0, 0.1) is 12.3 Å². The van der Waals surface area contributed by atoms with Crippen LogP contribution in [0.3, 0.4) is 0 Å². The number of allylic oxidation sites excluding steroid dienone is 1. The minimum absolute atomic E-state index is 0.285. The number of imidazole rings is 1. The van der Waals surface area contributed by atoms with Gasteiger partial charge in [-0.2, -0.15) is 0 Å². The van der Waals surface area contributed by atoms with Crippen LogP contribution in [0.25, 0.3) is 22.3 Å². The van der Waals surface area contributed by atoms with Gasteiger partial charge in [0.15, 0.2) is 5.65 Å². The van der Waals surface area contributed by atoms with Gasteiger partial charge in [0.05, 0.1) is 5.52 Å². The summed E-state index contributed by atoms with van der Waals surface area (Å²) in [6.45, 7) is 15.9. The van der Waals surface area contributed by atoms with Gasteiger partial charge in [0.1, 0.15) is 18.2 Å². The topological polar surface area (TPSA) is 69.6 Å². The van der Waals surface area contributed by atoms with Crippen LogP contribution in [0.4, 0.5) is 0 Å². The van der Waals surface area contributed by atoms with E-state index in [1.807, 2.05) is 13.1 Å². The molecule has 1 aliphatic heterocycles. The van der Waals surface area contributed by atoms with E-state index < -0.39 is 0 Å². The van der Waals surface area contributed by atoms with Crippen molar-refractivity contribution in [1.29, 1.82) is 0 Å². The van der Waals surface area contributed by atoms with Crippen LogP contribution in [-0.4, -0.2) is 69.8 Å². The van der Waals surface area contributed by atoms with Crippen LogP contribution in [0.2, 0.25) is 0 Å². The summed E-state index contributed by atoms with van der Waals surface area (Å²) < 4.78 is 6.25. The van der Waals surface area contributed by atoms with E-state index in [2.05, 4.69) is 97.7 Å². The highest BCUT2D eigenvalue weighted by Gasteiger charge is 2.33. The Kier molecular flexibility index (Phi) is 7.66. The average Bonchev–Trinajstić information content (AvgIpc) is 3.13. The van der Waals surface area contributed by atoms with Crippen LogP contribution in [0.5, 0.6) is 5.75 Å². The molecule has 1 N–H and O–H groups in total. The Labute approximate surface area is 233 Å². The van der Waals surface area contributed by atoms with Gasteiger partial charge in [0, 0.05) is 53.9 Å². The molecule has 3 heterocycles. The fraction of sp³-hybridized carbons (Fsp3) is 0.531. The lowest BCUT2D eigenvalue weighted by molar-refractivity contribution is 0.182. The molecule has 1 aliphatic carbocycles. The number of pyridine rings is 1. The van der Waals surface area contributed by atoms with Gasteiger partial charge in [-0.3, -0.25) is 9.89 Å². The number of ether oxygens (including phenoxy) is 1. The molecule has 1 aromatic carbocycles. The second kappa shape index (κ2) is 10.9. The summed E-state index contributed by atoms with van der Waals surface area (Å²) in [6, 6.07) is 9.27. The minimum Gasteiger partial charge on any atom is -0.492 e. The molecule has 0 fully saturated rings. The number of aromatic nitrogens is 3. The first kappa shape index (κ1) is 27.5. The monoisotopic (exact) mass is 528 g/mol. The quantitative estimate of drug-likeness (QED) is 0.375. The zero-order valence-electron chi connectivity index (χ0n) is 24.9. The smallest absolute Gasteiger partial charge is 0.177 e. The van der Waals surface area contributed by atoms with Gasteiger partial charge in [-0.15, -0.1) is 0 Å². The lowest BCUT2D eigenvalue weighted by Gasteiger charge is -2.38. The first-order valence-electron chi connectivity index (χ1n) is 14.3. The van der Waals surface area contributed by atoms with Crippen molar-refractivity contribution in [2.24, 2.45) is 10.4 Å². The molecule has 2 aliphatic rings. The number of fused-ring (bicyclic) bond motifs is 2. The summed E-state index contributed by atoms with van der Waals surface area (Å²) in [4.78, 5) is 22.4. The molecular formula is C32H44N6O. The van der Waals surface area contributed by atoms with E-state index in [9.17, 15) is 0 Å². The third-order valence-electron chi connectivity index (χ3n) is 8.68. The van der Waals surface area contributed by atoms with Crippen molar-refractivity contribution in [3.05, 3.63) is 53.1 Å². The van der Waals surface area contributed by atoms with Crippen LogP contribution in [0.1, 0.15) is 65.3 Å². The normalized spacial score (nSPS) is 20.1. The molecule has 2 atom stereocenters. The van der Waals surface area contributed by atoms with Gasteiger partial charge < -0.3 is 14.6 Å². The maximum Gasteiger partial charge on any atom is 0.177 e. The first-order chi connectivity index (χ1) is 18.5. The molecule has 0 saturated heterocycles. The average molecular weight is 529 g/mol. The van der Waals surface area contributed by atoms with E-state index in [1.54, 1.807) is 0 Å². The van der Waals surface area contributed by atoms with E-state index in [1.165, 1.54) is 29.0 Å². The van der Waals surface area contributed by atoms with E-state index in [0.717, 1.165) is 59.8 Å². The Morgan fingerprint density at radius 1 is 1.18 bits per heavy atom. The number of hydrogen-bond acceptors (Lipinski definition) is 6. The van der Waals surface area contributed by atoms with Gasteiger partial charge >= 0.3 is 0 Å². The Balaban J connectivity index is 1.45. The summed E-state index contributed by atoms with van der Waals surface area (Å²) in [6.07, 6.45) is 5.21. The summed E-state index contributed by atoms with van der Waals surface area (Å²) in [5.74, 6) is 1.86. The number of benzene rings is 1. The molecule has 208 valence electrons. The number of H-pyrrole nitrogens is 1. The zero-order valence-corrected chi connectivity index (χ0v) is 24.9. The van der Waals surface area contributed by atoms with Crippen LogP contribution >= 0.6 is 0 Å². The summed E-state index contributed by atoms with van der Waals surface area (Å²) in [5, 5.41) is 0. The maximum atomic E-state index is 6.25. The highest BCUT2D eigenvalue weighted by atomic mass is 16.5. The molecule has 2 unspecified atom stereocenters. The van der Waals surface area contributed by atoms with Crippen molar-refractivity contribution < 1.29 is 4.74 Å².